The molecule has 0 aliphatic rings. The summed E-state index contributed by atoms with van der Waals surface area (Å²) in [6.07, 6.45) is 0. The standard InChI is InChI=1S/C14H13ClFNO2/c1-18-11-4-2-9(12(16)7-11)8-19-14-5-3-10(15)6-13(14)17/h2-7H,8,17H2,1H3. The van der Waals surface area contributed by atoms with Gasteiger partial charge in [0.05, 0.1) is 12.8 Å². The molecular formula is C14H13ClFNO2. The summed E-state index contributed by atoms with van der Waals surface area (Å²) < 4.78 is 24.1. The third-order valence-electron chi connectivity index (χ3n) is 2.62. The van der Waals surface area contributed by atoms with Gasteiger partial charge in [0.1, 0.15) is 23.9 Å². The molecule has 5 heteroatoms. The van der Waals surface area contributed by atoms with Gasteiger partial charge in [-0.25, -0.2) is 4.39 Å². The number of nitrogens with two attached hydrogens (primary N) is 1. The molecule has 19 heavy (non-hydrogen) atoms. The number of hydrogen-bond acceptors (Lipinski definition) is 3. The van der Waals surface area contributed by atoms with Crippen molar-refractivity contribution in [3.05, 3.63) is 52.8 Å². The molecule has 0 atom stereocenters. The Morgan fingerprint density at radius 2 is 2.00 bits per heavy atom. The second kappa shape index (κ2) is 5.80. The van der Waals surface area contributed by atoms with E-state index < -0.39 is 0 Å². The normalized spacial score (nSPS) is 10.3. The lowest BCUT2D eigenvalue weighted by atomic mass is 10.2. The summed E-state index contributed by atoms with van der Waals surface area (Å²) in [6, 6.07) is 9.50. The summed E-state index contributed by atoms with van der Waals surface area (Å²) in [5.74, 6) is 0.554. The molecule has 0 heterocycles. The molecule has 0 fully saturated rings. The molecule has 100 valence electrons. The van der Waals surface area contributed by atoms with E-state index in [0.717, 1.165) is 0 Å². The van der Waals surface area contributed by atoms with E-state index in [1.807, 2.05) is 0 Å². The first kappa shape index (κ1) is 13.5. The number of nitrogen functional groups attached to an aromatic ring is 1. The van der Waals surface area contributed by atoms with Crippen molar-refractivity contribution in [1.29, 1.82) is 0 Å². The Balaban J connectivity index is 2.10. The lowest BCUT2D eigenvalue weighted by Crippen LogP contribution is -2.01. The fourth-order valence-corrected chi connectivity index (χ4v) is 1.76. The summed E-state index contributed by atoms with van der Waals surface area (Å²) in [4.78, 5) is 0. The average Bonchev–Trinajstić information content (AvgIpc) is 2.39. The monoisotopic (exact) mass is 281 g/mol. The van der Waals surface area contributed by atoms with Crippen molar-refractivity contribution in [3.8, 4) is 11.5 Å². The Labute approximate surface area is 115 Å². The lowest BCUT2D eigenvalue weighted by Gasteiger charge is -2.10. The number of hydrogen-bond donors (Lipinski definition) is 1. The predicted molar refractivity (Wildman–Crippen MR) is 73.1 cm³/mol. The first-order valence-electron chi connectivity index (χ1n) is 5.60. The van der Waals surface area contributed by atoms with Crippen LogP contribution >= 0.6 is 11.6 Å². The Bertz CT molecular complexity index is 590. The van der Waals surface area contributed by atoms with Crippen LogP contribution in [0.15, 0.2) is 36.4 Å². The topological polar surface area (TPSA) is 44.5 Å². The maximum absolute atomic E-state index is 13.7. The van der Waals surface area contributed by atoms with Gasteiger partial charge < -0.3 is 15.2 Å². The molecule has 0 amide bonds. The number of rotatable bonds is 4. The van der Waals surface area contributed by atoms with Crippen molar-refractivity contribution in [2.75, 3.05) is 12.8 Å². The molecule has 2 N–H and O–H groups in total. The van der Waals surface area contributed by atoms with E-state index in [0.29, 0.717) is 27.8 Å². The quantitative estimate of drug-likeness (QED) is 0.870. The number of ether oxygens (including phenoxy) is 2. The molecule has 0 aromatic heterocycles. The minimum atomic E-state index is -0.383. The number of halogens is 2. The Morgan fingerprint density at radius 3 is 2.63 bits per heavy atom. The van der Waals surface area contributed by atoms with Crippen molar-refractivity contribution >= 4 is 17.3 Å². The number of anilines is 1. The maximum atomic E-state index is 13.7. The molecule has 2 aromatic carbocycles. The van der Waals surface area contributed by atoms with E-state index in [1.165, 1.54) is 13.2 Å². The highest BCUT2D eigenvalue weighted by Crippen LogP contribution is 2.26. The first-order valence-corrected chi connectivity index (χ1v) is 5.98. The summed E-state index contributed by atoms with van der Waals surface area (Å²) in [5.41, 5.74) is 6.59. The van der Waals surface area contributed by atoms with Gasteiger partial charge in [0, 0.05) is 16.7 Å². The molecule has 2 rings (SSSR count). The highest BCUT2D eigenvalue weighted by atomic mass is 35.5. The lowest BCUT2D eigenvalue weighted by molar-refractivity contribution is 0.301. The summed E-state index contributed by atoms with van der Waals surface area (Å²) >= 11 is 5.78. The van der Waals surface area contributed by atoms with Gasteiger partial charge in [-0.1, -0.05) is 11.6 Å². The van der Waals surface area contributed by atoms with Crippen molar-refractivity contribution in [2.24, 2.45) is 0 Å². The van der Waals surface area contributed by atoms with Crippen LogP contribution in [-0.4, -0.2) is 7.11 Å². The Hall–Kier alpha value is -1.94. The zero-order chi connectivity index (χ0) is 13.8. The second-order valence-corrected chi connectivity index (χ2v) is 4.36. The van der Waals surface area contributed by atoms with Crippen LogP contribution in [-0.2, 0) is 6.61 Å². The van der Waals surface area contributed by atoms with E-state index in [2.05, 4.69) is 0 Å². The number of benzene rings is 2. The third kappa shape index (κ3) is 3.29. The minimum Gasteiger partial charge on any atom is -0.497 e. The smallest absolute Gasteiger partial charge is 0.142 e. The molecule has 0 unspecified atom stereocenters. The highest BCUT2D eigenvalue weighted by Gasteiger charge is 2.06. The van der Waals surface area contributed by atoms with Crippen LogP contribution in [0.1, 0.15) is 5.56 Å². The molecule has 2 aromatic rings. The fraction of sp³-hybridized carbons (Fsp3) is 0.143. The third-order valence-corrected chi connectivity index (χ3v) is 2.85. The zero-order valence-corrected chi connectivity index (χ0v) is 11.1. The molecule has 0 radical (unpaired) electrons. The van der Waals surface area contributed by atoms with Crippen molar-refractivity contribution in [3.63, 3.8) is 0 Å². The summed E-state index contributed by atoms with van der Waals surface area (Å²) in [5, 5.41) is 0.528. The molecule has 0 bridgehead atoms. The van der Waals surface area contributed by atoms with Gasteiger partial charge in [-0.3, -0.25) is 0 Å². The van der Waals surface area contributed by atoms with Crippen LogP contribution in [0.2, 0.25) is 5.02 Å². The van der Waals surface area contributed by atoms with Crippen LogP contribution in [0.25, 0.3) is 0 Å². The summed E-state index contributed by atoms with van der Waals surface area (Å²) in [6.45, 7) is 0.0850. The van der Waals surface area contributed by atoms with Gasteiger partial charge >= 0.3 is 0 Å². The van der Waals surface area contributed by atoms with Crippen LogP contribution in [0.3, 0.4) is 0 Å². The largest absolute Gasteiger partial charge is 0.497 e. The van der Waals surface area contributed by atoms with E-state index in [9.17, 15) is 4.39 Å². The molecular weight excluding hydrogens is 269 g/mol. The fourth-order valence-electron chi connectivity index (χ4n) is 1.58. The summed E-state index contributed by atoms with van der Waals surface area (Å²) in [7, 11) is 1.49. The van der Waals surface area contributed by atoms with Gasteiger partial charge in [0.25, 0.3) is 0 Å². The van der Waals surface area contributed by atoms with E-state index in [4.69, 9.17) is 26.8 Å². The Morgan fingerprint density at radius 1 is 1.21 bits per heavy atom. The van der Waals surface area contributed by atoms with Gasteiger partial charge in [-0.2, -0.15) is 0 Å². The average molecular weight is 282 g/mol. The molecule has 0 saturated carbocycles. The van der Waals surface area contributed by atoms with Crippen LogP contribution in [0, 0.1) is 5.82 Å². The van der Waals surface area contributed by atoms with Gasteiger partial charge in [-0.05, 0) is 30.3 Å². The van der Waals surface area contributed by atoms with Crippen LogP contribution in [0.4, 0.5) is 10.1 Å². The maximum Gasteiger partial charge on any atom is 0.142 e. The second-order valence-electron chi connectivity index (χ2n) is 3.93. The van der Waals surface area contributed by atoms with E-state index in [1.54, 1.807) is 30.3 Å². The van der Waals surface area contributed by atoms with E-state index in [-0.39, 0.29) is 12.4 Å². The van der Waals surface area contributed by atoms with Crippen molar-refractivity contribution < 1.29 is 13.9 Å². The molecule has 3 nitrogen and oxygen atoms in total. The zero-order valence-electron chi connectivity index (χ0n) is 10.3. The SMILES string of the molecule is COc1ccc(COc2ccc(Cl)cc2N)c(F)c1. The van der Waals surface area contributed by atoms with E-state index >= 15 is 0 Å². The molecule has 0 aliphatic carbocycles. The molecule has 0 saturated heterocycles. The Kier molecular flexibility index (Phi) is 4.12. The highest BCUT2D eigenvalue weighted by molar-refractivity contribution is 6.30. The van der Waals surface area contributed by atoms with Gasteiger partial charge in [0.15, 0.2) is 0 Å². The molecule has 0 aliphatic heterocycles. The van der Waals surface area contributed by atoms with Crippen molar-refractivity contribution in [1.82, 2.24) is 0 Å². The van der Waals surface area contributed by atoms with Crippen LogP contribution < -0.4 is 15.2 Å². The first-order chi connectivity index (χ1) is 9.10. The van der Waals surface area contributed by atoms with Crippen molar-refractivity contribution in [2.45, 2.75) is 6.61 Å². The predicted octanol–water partition coefficient (Wildman–Crippen LogP) is 3.65. The van der Waals surface area contributed by atoms with Gasteiger partial charge in [0.2, 0.25) is 0 Å². The minimum absolute atomic E-state index is 0.0850. The van der Waals surface area contributed by atoms with Crippen LogP contribution in [0.5, 0.6) is 11.5 Å². The molecule has 0 spiro atoms. The number of methoxy groups -OCH3 is 1. The van der Waals surface area contributed by atoms with Gasteiger partial charge in [-0.15, -0.1) is 0 Å².